The van der Waals surface area contributed by atoms with Crippen molar-refractivity contribution in [2.24, 2.45) is 0 Å². The average molecular weight is 384 g/mol. The molecule has 16 heteroatoms. The van der Waals surface area contributed by atoms with Crippen LogP contribution in [-0.4, -0.2) is 35.9 Å². The minimum atomic E-state index is -7.90. The van der Waals surface area contributed by atoms with E-state index >= 15 is 0 Å². The molecule has 0 aromatic carbocycles. The van der Waals surface area contributed by atoms with Crippen LogP contribution >= 0.6 is 0 Å². The fourth-order valence-corrected chi connectivity index (χ4v) is 1.00. The van der Waals surface area contributed by atoms with Gasteiger partial charge in [0.05, 0.1) is 0 Å². The Balaban J connectivity index is 6.28. The summed E-state index contributed by atoms with van der Waals surface area (Å²) in [5.41, 5.74) is 0. The normalized spacial score (nSPS) is 14.6. The molecule has 0 radical (unpaired) electrons. The lowest BCUT2D eigenvalue weighted by Crippen LogP contribution is -2.71. The van der Waals surface area contributed by atoms with Crippen LogP contribution in [-0.2, 0) is 9.47 Å². The van der Waals surface area contributed by atoms with E-state index in [4.69, 9.17) is 10.5 Å². The molecule has 0 heterocycles. The minimum Gasteiger partial charge on any atom is -0.353 e. The maximum absolute atomic E-state index is 12.9. The van der Waals surface area contributed by atoms with E-state index in [2.05, 4.69) is 9.47 Å². The van der Waals surface area contributed by atoms with Crippen molar-refractivity contribution in [3.05, 3.63) is 0 Å². The minimum absolute atomic E-state index is 0.285. The second-order valence-electron chi connectivity index (χ2n) is 3.72. The summed E-state index contributed by atoms with van der Waals surface area (Å²) in [7, 11) is 0. The van der Waals surface area contributed by atoms with Crippen LogP contribution < -0.4 is 0 Å². The van der Waals surface area contributed by atoms with Crippen LogP contribution in [0.2, 0.25) is 0 Å². The fraction of sp³-hybridized carbons (Fsp3) is 0.750. The number of hydrogen-bond acceptors (Lipinski definition) is 4. The van der Waals surface area contributed by atoms with E-state index in [0.29, 0.717) is 0 Å². The van der Waals surface area contributed by atoms with Gasteiger partial charge in [0.1, 0.15) is 0 Å². The Morgan fingerprint density at radius 1 is 0.458 bits per heavy atom. The van der Waals surface area contributed by atoms with E-state index in [0.717, 1.165) is 0 Å². The highest BCUT2D eigenvalue weighted by Crippen LogP contribution is 2.60. The van der Waals surface area contributed by atoms with E-state index in [1.54, 1.807) is 0 Å². The van der Waals surface area contributed by atoms with Crippen LogP contribution in [0.5, 0.6) is 0 Å². The number of ether oxygens (including phenoxy) is 2. The lowest BCUT2D eigenvalue weighted by molar-refractivity contribution is -0.467. The molecule has 0 saturated heterocycles. The Morgan fingerprint density at radius 2 is 0.667 bits per heavy atom. The smallest absolute Gasteiger partial charge is 0.353 e. The van der Waals surface area contributed by atoms with Crippen molar-refractivity contribution < 1.29 is 62.2 Å². The fourth-order valence-electron chi connectivity index (χ4n) is 1.00. The highest BCUT2D eigenvalue weighted by Gasteiger charge is 2.92. The highest BCUT2D eigenvalue weighted by molar-refractivity contribution is 5.09. The Bertz CT molecular complexity index is 510. The van der Waals surface area contributed by atoms with Gasteiger partial charge >= 0.3 is 35.9 Å². The molecule has 0 unspecified atom stereocenters. The molecule has 0 rings (SSSR count). The molecule has 0 atom stereocenters. The van der Waals surface area contributed by atoms with Crippen molar-refractivity contribution in [2.45, 2.75) is 35.9 Å². The quantitative estimate of drug-likeness (QED) is 0.496. The third-order valence-electron chi connectivity index (χ3n) is 2.26. The monoisotopic (exact) mass is 384 g/mol. The zero-order valence-electron chi connectivity index (χ0n) is 10.2. The molecular formula is C8F12N2O2. The molecule has 0 bridgehead atoms. The molecule has 0 aromatic heterocycles. The zero-order chi connectivity index (χ0) is 19.8. The van der Waals surface area contributed by atoms with Crippen molar-refractivity contribution in [1.29, 1.82) is 10.5 Å². The maximum Gasteiger partial charge on any atom is 0.480 e. The van der Waals surface area contributed by atoms with Crippen molar-refractivity contribution in [2.75, 3.05) is 0 Å². The van der Waals surface area contributed by atoms with Gasteiger partial charge in [0.15, 0.2) is 0 Å². The highest BCUT2D eigenvalue weighted by atomic mass is 19.4. The summed E-state index contributed by atoms with van der Waals surface area (Å²) in [6.07, 6.45) is -14.1. The summed E-state index contributed by atoms with van der Waals surface area (Å²) in [5, 5.41) is 15.1. The first kappa shape index (κ1) is 21.7. The molecule has 0 spiro atoms. The second kappa shape index (κ2) is 5.67. The van der Waals surface area contributed by atoms with Crippen molar-refractivity contribution >= 4 is 0 Å². The third-order valence-corrected chi connectivity index (χ3v) is 2.26. The molecule has 0 N–H and O–H groups in total. The van der Waals surface area contributed by atoms with Crippen LogP contribution in [0, 0.1) is 23.0 Å². The summed E-state index contributed by atoms with van der Waals surface area (Å²) in [5.74, 6) is -30.9. The number of nitriles is 2. The molecule has 0 aliphatic rings. The molecule has 0 aliphatic heterocycles. The van der Waals surface area contributed by atoms with E-state index in [-0.39, 0.29) is 12.5 Å². The SMILES string of the molecule is N#COC(F)(F)C(F)(F)C(F)(F)C(F)(F)C(F)(F)C(F)(F)OC#N. The summed E-state index contributed by atoms with van der Waals surface area (Å²) in [6, 6.07) is 0. The molecule has 0 aromatic rings. The van der Waals surface area contributed by atoms with Gasteiger partial charge in [0, 0.05) is 0 Å². The topological polar surface area (TPSA) is 66.0 Å². The summed E-state index contributed by atoms with van der Waals surface area (Å²) in [6.45, 7) is 0. The zero-order valence-corrected chi connectivity index (χ0v) is 10.2. The van der Waals surface area contributed by atoms with Gasteiger partial charge in [0.2, 0.25) is 0 Å². The third kappa shape index (κ3) is 2.69. The summed E-state index contributed by atoms with van der Waals surface area (Å²) in [4.78, 5) is 0. The molecule has 4 nitrogen and oxygen atoms in total. The molecule has 0 amide bonds. The van der Waals surface area contributed by atoms with Crippen molar-refractivity contribution in [3.63, 3.8) is 0 Å². The van der Waals surface area contributed by atoms with E-state index in [1.165, 1.54) is 0 Å². The molecule has 0 fully saturated rings. The largest absolute Gasteiger partial charge is 0.480 e. The Hall–Kier alpha value is -2.26. The van der Waals surface area contributed by atoms with Crippen molar-refractivity contribution in [1.82, 2.24) is 0 Å². The van der Waals surface area contributed by atoms with E-state index in [1.807, 2.05) is 0 Å². The first-order valence-electron chi connectivity index (χ1n) is 4.78. The maximum atomic E-state index is 12.9. The molecule has 0 saturated carbocycles. The van der Waals surface area contributed by atoms with Crippen molar-refractivity contribution in [3.8, 4) is 12.5 Å². The van der Waals surface area contributed by atoms with Crippen LogP contribution in [0.4, 0.5) is 52.7 Å². The summed E-state index contributed by atoms with van der Waals surface area (Å²) >= 11 is 0. The summed E-state index contributed by atoms with van der Waals surface area (Å²) < 4.78 is 157. The van der Waals surface area contributed by atoms with Gasteiger partial charge in [-0.05, 0) is 0 Å². The predicted molar refractivity (Wildman–Crippen MR) is 43.1 cm³/mol. The van der Waals surface area contributed by atoms with E-state index in [9.17, 15) is 52.7 Å². The Morgan fingerprint density at radius 3 is 0.833 bits per heavy atom. The molecule has 138 valence electrons. The van der Waals surface area contributed by atoms with Gasteiger partial charge in [-0.15, -0.1) is 0 Å². The molecule has 0 aliphatic carbocycles. The first-order chi connectivity index (χ1) is 10.4. The van der Waals surface area contributed by atoms with Gasteiger partial charge in [-0.3, -0.25) is 0 Å². The van der Waals surface area contributed by atoms with Crippen LogP contribution in [0.3, 0.4) is 0 Å². The number of alkyl halides is 12. The Labute approximate surface area is 122 Å². The number of rotatable bonds is 7. The number of halogens is 12. The van der Waals surface area contributed by atoms with Gasteiger partial charge < -0.3 is 9.47 Å². The standard InChI is InChI=1S/C8F12N2O2/c9-3(10,5(13,14)7(17,18)23-1-21)4(11,12)6(15,16)8(19,20)24-2-22. The lowest BCUT2D eigenvalue weighted by atomic mass is 9.97. The number of nitrogens with zero attached hydrogens (tertiary/aromatic N) is 2. The van der Waals surface area contributed by atoms with Crippen LogP contribution in [0.15, 0.2) is 0 Å². The first-order valence-corrected chi connectivity index (χ1v) is 4.78. The Kier molecular flexibility index (Phi) is 5.14. The second-order valence-corrected chi connectivity index (χ2v) is 3.72. The number of hydrogen-bond donors (Lipinski definition) is 0. The van der Waals surface area contributed by atoms with Gasteiger partial charge in [-0.25, -0.2) is 0 Å². The van der Waals surface area contributed by atoms with Gasteiger partial charge in [-0.1, -0.05) is 0 Å². The average Bonchev–Trinajstić information content (AvgIpc) is 2.37. The molecule has 24 heavy (non-hydrogen) atoms. The lowest BCUT2D eigenvalue weighted by Gasteiger charge is -2.38. The van der Waals surface area contributed by atoms with Crippen LogP contribution in [0.25, 0.3) is 0 Å². The predicted octanol–water partition coefficient (Wildman–Crippen LogP) is 3.71. The van der Waals surface area contributed by atoms with E-state index < -0.39 is 35.9 Å². The van der Waals surface area contributed by atoms with Crippen LogP contribution in [0.1, 0.15) is 0 Å². The molecular weight excluding hydrogens is 384 g/mol. The van der Waals surface area contributed by atoms with Gasteiger partial charge in [-0.2, -0.15) is 63.2 Å². The van der Waals surface area contributed by atoms with Gasteiger partial charge in [0.25, 0.3) is 12.5 Å².